The first-order valence-electron chi connectivity index (χ1n) is 6.23. The summed E-state index contributed by atoms with van der Waals surface area (Å²) in [5.74, 6) is 1.71. The molecule has 0 radical (unpaired) electrons. The van der Waals surface area contributed by atoms with Crippen LogP contribution in [0, 0.1) is 0 Å². The van der Waals surface area contributed by atoms with Crippen molar-refractivity contribution in [1.82, 2.24) is 5.32 Å². The first-order valence-corrected chi connectivity index (χ1v) is 6.23. The molecule has 0 aliphatic heterocycles. The monoisotopic (exact) mass is 253 g/mol. The highest BCUT2D eigenvalue weighted by molar-refractivity contribution is 5.40. The van der Waals surface area contributed by atoms with Gasteiger partial charge in [-0.25, -0.2) is 0 Å². The fourth-order valence-electron chi connectivity index (χ4n) is 1.66. The topological polar surface area (TPSA) is 39.7 Å². The van der Waals surface area contributed by atoms with Crippen molar-refractivity contribution in [2.45, 2.75) is 26.4 Å². The summed E-state index contributed by atoms with van der Waals surface area (Å²) >= 11 is 0. The third-order valence-corrected chi connectivity index (χ3v) is 2.70. The zero-order chi connectivity index (χ0) is 13.4. The Morgan fingerprint density at radius 1 is 1.22 bits per heavy atom. The molecule has 4 nitrogen and oxygen atoms in total. The van der Waals surface area contributed by atoms with E-state index in [1.807, 2.05) is 25.1 Å². The summed E-state index contributed by atoms with van der Waals surface area (Å²) in [4.78, 5) is 0. The standard InChI is InChI=1S/C14H23NO3/c1-5-18-10-11(2)15-9-12-8-13(16-3)6-7-14(12)17-4/h6-8,11,15H,5,9-10H2,1-4H3. The van der Waals surface area contributed by atoms with Crippen LogP contribution in [-0.4, -0.2) is 33.5 Å². The van der Waals surface area contributed by atoms with Crippen LogP contribution in [-0.2, 0) is 11.3 Å². The van der Waals surface area contributed by atoms with Crippen molar-refractivity contribution >= 4 is 0 Å². The lowest BCUT2D eigenvalue weighted by Crippen LogP contribution is -2.30. The van der Waals surface area contributed by atoms with Gasteiger partial charge in [0.2, 0.25) is 0 Å². The van der Waals surface area contributed by atoms with Gasteiger partial charge in [-0.05, 0) is 32.0 Å². The summed E-state index contributed by atoms with van der Waals surface area (Å²) in [5.41, 5.74) is 1.08. The molecular formula is C14H23NO3. The molecule has 0 saturated heterocycles. The van der Waals surface area contributed by atoms with Crippen LogP contribution in [0.2, 0.25) is 0 Å². The molecule has 0 aliphatic carbocycles. The van der Waals surface area contributed by atoms with Crippen LogP contribution in [0.15, 0.2) is 18.2 Å². The average molecular weight is 253 g/mol. The quantitative estimate of drug-likeness (QED) is 0.771. The number of ether oxygens (including phenoxy) is 3. The average Bonchev–Trinajstić information content (AvgIpc) is 2.42. The van der Waals surface area contributed by atoms with Crippen molar-refractivity contribution in [3.8, 4) is 11.5 Å². The third-order valence-electron chi connectivity index (χ3n) is 2.70. The van der Waals surface area contributed by atoms with Gasteiger partial charge in [0, 0.05) is 24.8 Å². The molecule has 102 valence electrons. The molecule has 0 aliphatic rings. The van der Waals surface area contributed by atoms with Crippen molar-refractivity contribution in [2.24, 2.45) is 0 Å². The van der Waals surface area contributed by atoms with E-state index in [0.29, 0.717) is 12.6 Å². The van der Waals surface area contributed by atoms with E-state index < -0.39 is 0 Å². The van der Waals surface area contributed by atoms with Gasteiger partial charge in [-0.1, -0.05) is 0 Å². The van der Waals surface area contributed by atoms with Crippen LogP contribution < -0.4 is 14.8 Å². The summed E-state index contributed by atoms with van der Waals surface area (Å²) in [6.45, 7) is 6.28. The van der Waals surface area contributed by atoms with Gasteiger partial charge >= 0.3 is 0 Å². The Kier molecular flexibility index (Phi) is 6.54. The predicted octanol–water partition coefficient (Wildman–Crippen LogP) is 2.22. The summed E-state index contributed by atoms with van der Waals surface area (Å²) in [6, 6.07) is 6.11. The van der Waals surface area contributed by atoms with Gasteiger partial charge in [0.25, 0.3) is 0 Å². The SMILES string of the molecule is CCOCC(C)NCc1cc(OC)ccc1OC. The Hall–Kier alpha value is -1.26. The molecule has 1 N–H and O–H groups in total. The van der Waals surface area contributed by atoms with Crippen LogP contribution in [0.25, 0.3) is 0 Å². The lowest BCUT2D eigenvalue weighted by Gasteiger charge is -2.16. The van der Waals surface area contributed by atoms with Crippen LogP contribution in [0.5, 0.6) is 11.5 Å². The van der Waals surface area contributed by atoms with Gasteiger partial charge in [-0.15, -0.1) is 0 Å². The van der Waals surface area contributed by atoms with E-state index in [2.05, 4.69) is 12.2 Å². The van der Waals surface area contributed by atoms with E-state index in [9.17, 15) is 0 Å². The Balaban J connectivity index is 2.59. The van der Waals surface area contributed by atoms with E-state index in [-0.39, 0.29) is 0 Å². The first kappa shape index (κ1) is 14.8. The summed E-state index contributed by atoms with van der Waals surface area (Å²) in [5, 5.41) is 3.40. The maximum absolute atomic E-state index is 5.37. The fourth-order valence-corrected chi connectivity index (χ4v) is 1.66. The smallest absolute Gasteiger partial charge is 0.123 e. The molecule has 0 bridgehead atoms. The molecule has 1 aromatic carbocycles. The lowest BCUT2D eigenvalue weighted by atomic mass is 10.1. The second-order valence-electron chi connectivity index (χ2n) is 4.12. The number of benzene rings is 1. The second kappa shape index (κ2) is 7.95. The van der Waals surface area contributed by atoms with Crippen LogP contribution in [0.4, 0.5) is 0 Å². The molecular weight excluding hydrogens is 230 g/mol. The van der Waals surface area contributed by atoms with Gasteiger partial charge in [-0.3, -0.25) is 0 Å². The molecule has 18 heavy (non-hydrogen) atoms. The van der Waals surface area contributed by atoms with Crippen LogP contribution in [0.1, 0.15) is 19.4 Å². The zero-order valence-corrected chi connectivity index (χ0v) is 11.7. The molecule has 4 heteroatoms. The Bertz CT molecular complexity index is 355. The van der Waals surface area contributed by atoms with E-state index >= 15 is 0 Å². The van der Waals surface area contributed by atoms with Crippen LogP contribution >= 0.6 is 0 Å². The molecule has 0 saturated carbocycles. The van der Waals surface area contributed by atoms with Gasteiger partial charge < -0.3 is 19.5 Å². The van der Waals surface area contributed by atoms with Gasteiger partial charge in [0.05, 0.1) is 20.8 Å². The van der Waals surface area contributed by atoms with Gasteiger partial charge in [0.15, 0.2) is 0 Å². The van der Waals surface area contributed by atoms with Crippen LogP contribution in [0.3, 0.4) is 0 Å². The highest BCUT2D eigenvalue weighted by atomic mass is 16.5. The highest BCUT2D eigenvalue weighted by Crippen LogP contribution is 2.23. The molecule has 1 aromatic rings. The van der Waals surface area contributed by atoms with E-state index in [0.717, 1.165) is 30.2 Å². The molecule has 1 atom stereocenters. The molecule has 0 aromatic heterocycles. The maximum atomic E-state index is 5.37. The number of nitrogens with one attached hydrogen (secondary N) is 1. The Labute approximate surface area is 109 Å². The number of rotatable bonds is 8. The summed E-state index contributed by atoms with van der Waals surface area (Å²) in [7, 11) is 3.34. The fraction of sp³-hybridized carbons (Fsp3) is 0.571. The third kappa shape index (κ3) is 4.55. The minimum absolute atomic E-state index is 0.306. The molecule has 0 heterocycles. The molecule has 0 amide bonds. The van der Waals surface area contributed by atoms with Crippen molar-refractivity contribution < 1.29 is 14.2 Å². The largest absolute Gasteiger partial charge is 0.497 e. The molecule has 1 unspecified atom stereocenters. The lowest BCUT2D eigenvalue weighted by molar-refractivity contribution is 0.127. The predicted molar refractivity (Wildman–Crippen MR) is 72.3 cm³/mol. The van der Waals surface area contributed by atoms with E-state index in [4.69, 9.17) is 14.2 Å². The summed E-state index contributed by atoms with van der Waals surface area (Å²) in [6.07, 6.45) is 0. The van der Waals surface area contributed by atoms with Crippen molar-refractivity contribution in [2.75, 3.05) is 27.4 Å². The Morgan fingerprint density at radius 2 is 2.00 bits per heavy atom. The molecule has 0 fully saturated rings. The van der Waals surface area contributed by atoms with E-state index in [1.165, 1.54) is 0 Å². The van der Waals surface area contributed by atoms with E-state index in [1.54, 1.807) is 14.2 Å². The van der Waals surface area contributed by atoms with Gasteiger partial charge in [0.1, 0.15) is 11.5 Å². The number of hydrogen-bond acceptors (Lipinski definition) is 4. The first-order chi connectivity index (χ1) is 8.71. The molecule has 0 spiro atoms. The zero-order valence-electron chi connectivity index (χ0n) is 11.7. The normalized spacial score (nSPS) is 12.2. The van der Waals surface area contributed by atoms with Crippen molar-refractivity contribution in [1.29, 1.82) is 0 Å². The Morgan fingerprint density at radius 3 is 2.61 bits per heavy atom. The van der Waals surface area contributed by atoms with Crippen molar-refractivity contribution in [3.63, 3.8) is 0 Å². The maximum Gasteiger partial charge on any atom is 0.123 e. The minimum atomic E-state index is 0.306. The van der Waals surface area contributed by atoms with Crippen molar-refractivity contribution in [3.05, 3.63) is 23.8 Å². The molecule has 1 rings (SSSR count). The minimum Gasteiger partial charge on any atom is -0.497 e. The van der Waals surface area contributed by atoms with Gasteiger partial charge in [-0.2, -0.15) is 0 Å². The summed E-state index contributed by atoms with van der Waals surface area (Å²) < 4.78 is 15.9. The second-order valence-corrected chi connectivity index (χ2v) is 4.12. The number of methoxy groups -OCH3 is 2. The number of hydrogen-bond donors (Lipinski definition) is 1. The highest BCUT2D eigenvalue weighted by Gasteiger charge is 2.07.